The second-order valence-electron chi connectivity index (χ2n) is 7.30. The van der Waals surface area contributed by atoms with Gasteiger partial charge < -0.3 is 10.1 Å². The standard InChI is InChI=1S/C24H26N2O4S/c1-17-8-12-21(13-9-17)26(3)31(28,29)23-7-5-6-20(16-23)24(27)25-18(2)19-10-14-22(30-4)15-11-19/h5-16,18H,1-4H3,(H,25,27)/t18-/m0/s1. The molecule has 31 heavy (non-hydrogen) atoms. The zero-order valence-corrected chi connectivity index (χ0v) is 18.8. The number of hydrogen-bond acceptors (Lipinski definition) is 4. The molecular weight excluding hydrogens is 412 g/mol. The fraction of sp³-hybridized carbons (Fsp3) is 0.208. The Kier molecular flexibility index (Phi) is 6.65. The molecule has 1 atom stereocenters. The number of amides is 1. The molecule has 0 aromatic heterocycles. The summed E-state index contributed by atoms with van der Waals surface area (Å²) in [7, 11) is -0.717. The van der Waals surface area contributed by atoms with Gasteiger partial charge in [-0.15, -0.1) is 0 Å². The molecule has 162 valence electrons. The van der Waals surface area contributed by atoms with E-state index in [1.165, 1.54) is 23.5 Å². The third-order valence-electron chi connectivity index (χ3n) is 5.12. The summed E-state index contributed by atoms with van der Waals surface area (Å²) in [6.45, 7) is 3.80. The average molecular weight is 439 g/mol. The van der Waals surface area contributed by atoms with E-state index in [0.29, 0.717) is 5.69 Å². The molecule has 0 radical (unpaired) electrons. The number of sulfonamides is 1. The van der Waals surface area contributed by atoms with E-state index in [-0.39, 0.29) is 22.4 Å². The van der Waals surface area contributed by atoms with Crippen molar-refractivity contribution in [3.8, 4) is 5.75 Å². The molecule has 0 bridgehead atoms. The lowest BCUT2D eigenvalue weighted by molar-refractivity contribution is 0.0939. The fourth-order valence-electron chi connectivity index (χ4n) is 3.11. The van der Waals surface area contributed by atoms with Gasteiger partial charge in [0.25, 0.3) is 15.9 Å². The van der Waals surface area contributed by atoms with Crippen molar-refractivity contribution in [3.05, 3.63) is 89.5 Å². The maximum atomic E-state index is 13.1. The van der Waals surface area contributed by atoms with Crippen molar-refractivity contribution < 1.29 is 17.9 Å². The van der Waals surface area contributed by atoms with Gasteiger partial charge in [0.05, 0.1) is 23.7 Å². The van der Waals surface area contributed by atoms with Gasteiger partial charge in [-0.2, -0.15) is 0 Å². The Morgan fingerprint density at radius 3 is 2.26 bits per heavy atom. The Balaban J connectivity index is 1.79. The van der Waals surface area contributed by atoms with E-state index in [9.17, 15) is 13.2 Å². The first kappa shape index (κ1) is 22.4. The van der Waals surface area contributed by atoms with E-state index in [1.54, 1.807) is 31.4 Å². The summed E-state index contributed by atoms with van der Waals surface area (Å²) in [5, 5.41) is 2.91. The first-order valence-corrected chi connectivity index (χ1v) is 11.3. The first-order chi connectivity index (χ1) is 14.7. The van der Waals surface area contributed by atoms with Crippen molar-refractivity contribution in [1.29, 1.82) is 0 Å². The molecule has 3 rings (SSSR count). The second kappa shape index (κ2) is 9.22. The van der Waals surface area contributed by atoms with Crippen LogP contribution in [0.15, 0.2) is 77.7 Å². The normalized spacial score (nSPS) is 12.1. The molecule has 0 fully saturated rings. The molecule has 0 aliphatic rings. The number of anilines is 1. The number of aryl methyl sites for hydroxylation is 1. The highest BCUT2D eigenvalue weighted by Crippen LogP contribution is 2.23. The Morgan fingerprint density at radius 1 is 1.00 bits per heavy atom. The van der Waals surface area contributed by atoms with Gasteiger partial charge in [0.2, 0.25) is 0 Å². The van der Waals surface area contributed by atoms with Crippen LogP contribution in [0.3, 0.4) is 0 Å². The number of methoxy groups -OCH3 is 1. The average Bonchev–Trinajstić information content (AvgIpc) is 2.79. The molecule has 0 heterocycles. The van der Waals surface area contributed by atoms with Crippen molar-refractivity contribution in [2.24, 2.45) is 0 Å². The highest BCUT2D eigenvalue weighted by atomic mass is 32.2. The Bertz CT molecular complexity index is 1160. The molecule has 0 aliphatic heterocycles. The van der Waals surface area contributed by atoms with Crippen LogP contribution in [-0.2, 0) is 10.0 Å². The lowest BCUT2D eigenvalue weighted by Gasteiger charge is -2.20. The van der Waals surface area contributed by atoms with Crippen molar-refractivity contribution in [2.75, 3.05) is 18.5 Å². The predicted molar refractivity (Wildman–Crippen MR) is 122 cm³/mol. The third kappa shape index (κ3) is 5.06. The van der Waals surface area contributed by atoms with Gasteiger partial charge in [-0.3, -0.25) is 9.10 Å². The van der Waals surface area contributed by atoms with Crippen LogP contribution in [0.1, 0.15) is 34.5 Å². The molecule has 0 saturated carbocycles. The number of nitrogens with zero attached hydrogens (tertiary/aromatic N) is 1. The summed E-state index contributed by atoms with van der Waals surface area (Å²) in [5.74, 6) is 0.385. The van der Waals surface area contributed by atoms with Crippen molar-refractivity contribution in [3.63, 3.8) is 0 Å². The van der Waals surface area contributed by atoms with E-state index in [0.717, 1.165) is 16.9 Å². The summed E-state index contributed by atoms with van der Waals surface area (Å²) in [6, 6.07) is 20.4. The molecule has 7 heteroatoms. The van der Waals surface area contributed by atoms with Gasteiger partial charge in [-0.25, -0.2) is 8.42 Å². The molecule has 3 aromatic carbocycles. The predicted octanol–water partition coefficient (Wildman–Crippen LogP) is 4.32. The summed E-state index contributed by atoms with van der Waals surface area (Å²) >= 11 is 0. The SMILES string of the molecule is COc1ccc([C@H](C)NC(=O)c2cccc(S(=O)(=O)N(C)c3ccc(C)cc3)c2)cc1. The Morgan fingerprint density at radius 2 is 1.65 bits per heavy atom. The lowest BCUT2D eigenvalue weighted by atomic mass is 10.1. The molecule has 1 N–H and O–H groups in total. The number of benzene rings is 3. The van der Waals surface area contributed by atoms with Gasteiger partial charge in [-0.05, 0) is 61.9 Å². The van der Waals surface area contributed by atoms with Gasteiger partial charge in [0.1, 0.15) is 5.75 Å². The zero-order chi connectivity index (χ0) is 22.6. The second-order valence-corrected chi connectivity index (χ2v) is 9.27. The molecule has 6 nitrogen and oxygen atoms in total. The number of rotatable bonds is 7. The Hall–Kier alpha value is -3.32. The number of carbonyl (C=O) groups excluding carboxylic acids is 1. The smallest absolute Gasteiger partial charge is 0.264 e. The van der Waals surface area contributed by atoms with E-state index >= 15 is 0 Å². The maximum absolute atomic E-state index is 13.1. The van der Waals surface area contributed by atoms with Crippen LogP contribution >= 0.6 is 0 Å². The van der Waals surface area contributed by atoms with Gasteiger partial charge in [-0.1, -0.05) is 35.9 Å². The van der Waals surface area contributed by atoms with Crippen LogP contribution in [0.5, 0.6) is 5.75 Å². The van der Waals surface area contributed by atoms with Crippen LogP contribution < -0.4 is 14.4 Å². The molecule has 0 spiro atoms. The van der Waals surface area contributed by atoms with E-state index in [2.05, 4.69) is 5.32 Å². The summed E-state index contributed by atoms with van der Waals surface area (Å²) in [5.41, 5.74) is 2.78. The number of hydrogen-bond donors (Lipinski definition) is 1. The number of carbonyl (C=O) groups is 1. The lowest BCUT2D eigenvalue weighted by Crippen LogP contribution is -2.28. The fourth-order valence-corrected chi connectivity index (χ4v) is 4.35. The summed E-state index contributed by atoms with van der Waals surface area (Å²) in [6.07, 6.45) is 0. The van der Waals surface area contributed by atoms with E-state index in [1.807, 2.05) is 50.2 Å². The van der Waals surface area contributed by atoms with Crippen LogP contribution in [0.2, 0.25) is 0 Å². The molecule has 0 unspecified atom stereocenters. The van der Waals surface area contributed by atoms with Gasteiger partial charge in [0.15, 0.2) is 0 Å². The molecule has 1 amide bonds. The Labute approximate surface area is 183 Å². The molecular formula is C24H26N2O4S. The van der Waals surface area contributed by atoms with Crippen molar-refractivity contribution in [2.45, 2.75) is 24.8 Å². The van der Waals surface area contributed by atoms with Crippen LogP contribution in [0.4, 0.5) is 5.69 Å². The summed E-state index contributed by atoms with van der Waals surface area (Å²) in [4.78, 5) is 12.8. The number of nitrogens with one attached hydrogen (secondary N) is 1. The molecule has 3 aromatic rings. The topological polar surface area (TPSA) is 75.7 Å². The van der Waals surface area contributed by atoms with Crippen molar-refractivity contribution in [1.82, 2.24) is 5.32 Å². The van der Waals surface area contributed by atoms with Crippen LogP contribution in [-0.4, -0.2) is 28.5 Å². The van der Waals surface area contributed by atoms with Crippen molar-refractivity contribution >= 4 is 21.6 Å². The summed E-state index contributed by atoms with van der Waals surface area (Å²) < 4.78 is 32.5. The molecule has 0 saturated heterocycles. The van der Waals surface area contributed by atoms with Gasteiger partial charge >= 0.3 is 0 Å². The van der Waals surface area contributed by atoms with Crippen LogP contribution in [0, 0.1) is 6.92 Å². The monoisotopic (exact) mass is 438 g/mol. The quantitative estimate of drug-likeness (QED) is 0.596. The van der Waals surface area contributed by atoms with Gasteiger partial charge in [0, 0.05) is 12.6 Å². The highest BCUT2D eigenvalue weighted by molar-refractivity contribution is 7.92. The maximum Gasteiger partial charge on any atom is 0.264 e. The minimum Gasteiger partial charge on any atom is -0.497 e. The minimum atomic E-state index is -3.81. The highest BCUT2D eigenvalue weighted by Gasteiger charge is 2.23. The molecule has 0 aliphatic carbocycles. The largest absolute Gasteiger partial charge is 0.497 e. The minimum absolute atomic E-state index is 0.0559. The van der Waals surface area contributed by atoms with Crippen LogP contribution in [0.25, 0.3) is 0 Å². The first-order valence-electron chi connectivity index (χ1n) is 9.83. The van der Waals surface area contributed by atoms with E-state index in [4.69, 9.17) is 4.74 Å². The van der Waals surface area contributed by atoms with E-state index < -0.39 is 10.0 Å². The number of ether oxygens (including phenoxy) is 1. The zero-order valence-electron chi connectivity index (χ0n) is 18.0. The third-order valence-corrected chi connectivity index (χ3v) is 6.90.